The molecule has 0 bridgehead atoms. The molecule has 0 aromatic heterocycles. The Morgan fingerprint density at radius 1 is 1.15 bits per heavy atom. The normalized spacial score (nSPS) is 15.4. The van der Waals surface area contributed by atoms with Crippen molar-refractivity contribution in [1.82, 2.24) is 5.32 Å². The average Bonchev–Trinajstić information content (AvgIpc) is 3.05. The summed E-state index contributed by atoms with van der Waals surface area (Å²) in [5.74, 6) is -0.160. The monoisotopic (exact) mass is 366 g/mol. The zero-order valence-corrected chi connectivity index (χ0v) is 16.3. The van der Waals surface area contributed by atoms with Gasteiger partial charge in [-0.2, -0.15) is 0 Å². The Morgan fingerprint density at radius 3 is 2.52 bits per heavy atom. The predicted molar refractivity (Wildman–Crippen MR) is 106 cm³/mol. The molecule has 1 heterocycles. The van der Waals surface area contributed by atoms with E-state index in [1.54, 1.807) is 23.1 Å². The highest BCUT2D eigenvalue weighted by Gasteiger charge is 2.30. The third kappa shape index (κ3) is 4.13. The van der Waals surface area contributed by atoms with Gasteiger partial charge in [-0.1, -0.05) is 51.1 Å². The van der Waals surface area contributed by atoms with Crippen LogP contribution in [-0.2, 0) is 4.74 Å². The van der Waals surface area contributed by atoms with Crippen LogP contribution < -0.4 is 10.2 Å². The molecule has 5 nitrogen and oxygen atoms in total. The van der Waals surface area contributed by atoms with Gasteiger partial charge in [0.2, 0.25) is 0 Å². The number of amides is 2. The molecule has 1 saturated heterocycles. The molecule has 0 aliphatic carbocycles. The third-order valence-electron chi connectivity index (χ3n) is 4.82. The largest absolute Gasteiger partial charge is 0.447 e. The zero-order chi connectivity index (χ0) is 19.6. The highest BCUT2D eigenvalue weighted by Crippen LogP contribution is 2.34. The number of hydrogen-bond donors (Lipinski definition) is 1. The lowest BCUT2D eigenvalue weighted by molar-refractivity contribution is 0.0901. The van der Waals surface area contributed by atoms with Gasteiger partial charge in [-0.05, 0) is 41.7 Å². The Labute approximate surface area is 160 Å². The number of aryl methyl sites for hydroxylation is 1. The van der Waals surface area contributed by atoms with Crippen LogP contribution in [0.4, 0.5) is 10.5 Å². The lowest BCUT2D eigenvalue weighted by atomic mass is 9.80. The maximum absolute atomic E-state index is 13.0. The van der Waals surface area contributed by atoms with Crippen molar-refractivity contribution in [2.75, 3.05) is 18.1 Å². The van der Waals surface area contributed by atoms with Gasteiger partial charge in [0.1, 0.15) is 6.61 Å². The molecule has 1 aliphatic rings. The summed E-state index contributed by atoms with van der Waals surface area (Å²) in [4.78, 5) is 26.3. The fraction of sp³-hybridized carbons (Fsp3) is 0.364. The van der Waals surface area contributed by atoms with Crippen LogP contribution in [0, 0.1) is 12.3 Å². The maximum Gasteiger partial charge on any atom is 0.414 e. The number of nitrogens with one attached hydrogen (secondary N) is 1. The predicted octanol–water partition coefficient (Wildman–Crippen LogP) is 4.47. The van der Waals surface area contributed by atoms with Gasteiger partial charge in [0.15, 0.2) is 0 Å². The number of rotatable bonds is 4. The van der Waals surface area contributed by atoms with Crippen molar-refractivity contribution in [3.05, 3.63) is 65.2 Å². The topological polar surface area (TPSA) is 58.6 Å². The van der Waals surface area contributed by atoms with Crippen LogP contribution in [-0.4, -0.2) is 25.2 Å². The van der Waals surface area contributed by atoms with E-state index in [0.717, 1.165) is 11.1 Å². The van der Waals surface area contributed by atoms with Gasteiger partial charge in [-0.15, -0.1) is 0 Å². The van der Waals surface area contributed by atoms with Gasteiger partial charge in [0, 0.05) is 11.3 Å². The molecule has 27 heavy (non-hydrogen) atoms. The summed E-state index contributed by atoms with van der Waals surface area (Å²) >= 11 is 0. The number of anilines is 1. The quantitative estimate of drug-likeness (QED) is 0.868. The fourth-order valence-electron chi connectivity index (χ4n) is 3.33. The number of carbonyl (C=O) groups excluding carboxylic acids is 2. The first-order chi connectivity index (χ1) is 12.8. The first-order valence-electron chi connectivity index (χ1n) is 9.18. The molecule has 0 spiro atoms. The van der Waals surface area contributed by atoms with E-state index in [1.165, 1.54) is 0 Å². The van der Waals surface area contributed by atoms with Crippen LogP contribution in [0.25, 0.3) is 0 Å². The summed E-state index contributed by atoms with van der Waals surface area (Å²) < 4.78 is 4.99. The van der Waals surface area contributed by atoms with Crippen molar-refractivity contribution in [2.45, 2.75) is 33.7 Å². The summed E-state index contributed by atoms with van der Waals surface area (Å²) in [5, 5.41) is 3.19. The van der Waals surface area contributed by atoms with E-state index in [0.29, 0.717) is 24.4 Å². The lowest BCUT2D eigenvalue weighted by Gasteiger charge is -2.33. The smallest absolute Gasteiger partial charge is 0.414 e. The Morgan fingerprint density at radius 2 is 1.89 bits per heavy atom. The van der Waals surface area contributed by atoms with Crippen molar-refractivity contribution in [3.8, 4) is 0 Å². The SMILES string of the molecule is Cc1ccccc1C(NC(=O)c1cccc(N2CCOC2=O)c1)C(C)(C)C. The van der Waals surface area contributed by atoms with Crippen molar-refractivity contribution in [1.29, 1.82) is 0 Å². The van der Waals surface area contributed by atoms with E-state index in [9.17, 15) is 9.59 Å². The van der Waals surface area contributed by atoms with E-state index in [1.807, 2.05) is 18.2 Å². The minimum absolute atomic E-state index is 0.133. The molecule has 2 aromatic carbocycles. The van der Waals surface area contributed by atoms with Crippen LogP contribution in [0.5, 0.6) is 0 Å². The highest BCUT2D eigenvalue weighted by atomic mass is 16.6. The van der Waals surface area contributed by atoms with E-state index in [-0.39, 0.29) is 23.5 Å². The summed E-state index contributed by atoms with van der Waals surface area (Å²) in [7, 11) is 0. The molecular weight excluding hydrogens is 340 g/mol. The summed E-state index contributed by atoms with van der Waals surface area (Å²) in [6.45, 7) is 9.26. The Balaban J connectivity index is 1.86. The molecule has 1 N–H and O–H groups in total. The van der Waals surface area contributed by atoms with Crippen molar-refractivity contribution in [2.24, 2.45) is 5.41 Å². The molecule has 2 amide bonds. The van der Waals surface area contributed by atoms with Gasteiger partial charge in [0.25, 0.3) is 5.91 Å². The molecule has 1 aliphatic heterocycles. The Hall–Kier alpha value is -2.82. The zero-order valence-electron chi connectivity index (χ0n) is 16.3. The molecule has 142 valence electrons. The van der Waals surface area contributed by atoms with Crippen LogP contribution >= 0.6 is 0 Å². The molecule has 0 saturated carbocycles. The second-order valence-electron chi connectivity index (χ2n) is 7.95. The van der Waals surface area contributed by atoms with E-state index >= 15 is 0 Å². The highest BCUT2D eigenvalue weighted by molar-refractivity contribution is 5.97. The van der Waals surface area contributed by atoms with E-state index < -0.39 is 0 Å². The Bertz CT molecular complexity index is 855. The van der Waals surface area contributed by atoms with Crippen LogP contribution in [0.15, 0.2) is 48.5 Å². The van der Waals surface area contributed by atoms with E-state index in [2.05, 4.69) is 45.1 Å². The number of ether oxygens (including phenoxy) is 1. The van der Waals surface area contributed by atoms with Crippen molar-refractivity contribution in [3.63, 3.8) is 0 Å². The molecule has 1 atom stereocenters. The summed E-state index contributed by atoms with van der Waals surface area (Å²) in [5.41, 5.74) is 3.30. The lowest BCUT2D eigenvalue weighted by Crippen LogP contribution is -2.37. The summed E-state index contributed by atoms with van der Waals surface area (Å²) in [6.07, 6.45) is -0.375. The Kier molecular flexibility index (Phi) is 5.22. The first kappa shape index (κ1) is 19.0. The minimum Gasteiger partial charge on any atom is -0.447 e. The maximum atomic E-state index is 13.0. The molecular formula is C22H26N2O3. The molecule has 2 aromatic rings. The van der Waals surface area contributed by atoms with Crippen LogP contribution in [0.3, 0.4) is 0 Å². The second kappa shape index (κ2) is 7.43. The van der Waals surface area contributed by atoms with E-state index in [4.69, 9.17) is 4.74 Å². The number of carbonyl (C=O) groups is 2. The standard InChI is InChI=1S/C22H26N2O3/c1-15-8-5-6-11-18(15)19(22(2,3)4)23-20(25)16-9-7-10-17(14-16)24-12-13-27-21(24)26/h5-11,14,19H,12-13H2,1-4H3,(H,23,25). The first-order valence-corrected chi connectivity index (χ1v) is 9.18. The van der Waals surface area contributed by atoms with Gasteiger partial charge < -0.3 is 10.1 Å². The number of nitrogens with zero attached hydrogens (tertiary/aromatic N) is 1. The molecule has 1 fully saturated rings. The van der Waals surface area contributed by atoms with Crippen LogP contribution in [0.1, 0.15) is 48.3 Å². The van der Waals surface area contributed by atoms with Gasteiger partial charge >= 0.3 is 6.09 Å². The van der Waals surface area contributed by atoms with Crippen LogP contribution in [0.2, 0.25) is 0 Å². The number of benzene rings is 2. The fourth-order valence-corrected chi connectivity index (χ4v) is 3.33. The van der Waals surface area contributed by atoms with Crippen molar-refractivity contribution < 1.29 is 14.3 Å². The summed E-state index contributed by atoms with van der Waals surface area (Å²) in [6, 6.07) is 15.1. The number of cyclic esters (lactones) is 1. The molecule has 0 radical (unpaired) electrons. The van der Waals surface area contributed by atoms with Gasteiger partial charge in [0.05, 0.1) is 12.6 Å². The molecule has 1 unspecified atom stereocenters. The van der Waals surface area contributed by atoms with Crippen molar-refractivity contribution >= 4 is 17.7 Å². The molecule has 5 heteroatoms. The average molecular weight is 366 g/mol. The number of hydrogen-bond acceptors (Lipinski definition) is 3. The second-order valence-corrected chi connectivity index (χ2v) is 7.95. The minimum atomic E-state index is -0.375. The third-order valence-corrected chi connectivity index (χ3v) is 4.82. The van der Waals surface area contributed by atoms with Gasteiger partial charge in [-0.25, -0.2) is 4.79 Å². The van der Waals surface area contributed by atoms with Gasteiger partial charge in [-0.3, -0.25) is 9.69 Å². The molecule has 3 rings (SSSR count).